The van der Waals surface area contributed by atoms with Crippen LogP contribution in [0.2, 0.25) is 5.02 Å². The third kappa shape index (κ3) is 4.78. The van der Waals surface area contributed by atoms with Crippen LogP contribution in [0.4, 0.5) is 10.5 Å². The number of carbonyl (C=O) groups excluding carboxylic acids is 3. The number of imide groups is 2. The fourth-order valence-corrected chi connectivity index (χ4v) is 3.32. The lowest BCUT2D eigenvalue weighted by Crippen LogP contribution is -2.54. The van der Waals surface area contributed by atoms with Crippen LogP contribution >= 0.6 is 11.6 Å². The van der Waals surface area contributed by atoms with Crippen molar-refractivity contribution in [2.75, 3.05) is 18.1 Å². The van der Waals surface area contributed by atoms with Crippen LogP contribution in [-0.4, -0.2) is 31.1 Å². The second-order valence-corrected chi connectivity index (χ2v) is 7.07. The van der Waals surface area contributed by atoms with Crippen LogP contribution in [-0.2, 0) is 9.59 Å². The van der Waals surface area contributed by atoms with Crippen LogP contribution in [0.5, 0.6) is 11.5 Å². The average Bonchev–Trinajstić information content (AvgIpc) is 2.71. The molecule has 7 nitrogen and oxygen atoms in total. The van der Waals surface area contributed by atoms with Crippen molar-refractivity contribution < 1.29 is 23.9 Å². The molecular formula is C23H21ClN2O5. The summed E-state index contributed by atoms with van der Waals surface area (Å²) < 4.78 is 11.2. The maximum Gasteiger partial charge on any atom is 0.335 e. The van der Waals surface area contributed by atoms with Crippen molar-refractivity contribution in [2.24, 2.45) is 0 Å². The van der Waals surface area contributed by atoms with E-state index < -0.39 is 17.8 Å². The molecule has 0 aromatic heterocycles. The Morgan fingerprint density at radius 2 is 1.94 bits per heavy atom. The summed E-state index contributed by atoms with van der Waals surface area (Å²) in [5.41, 5.74) is 1.46. The van der Waals surface area contributed by atoms with Gasteiger partial charge in [0.15, 0.2) is 11.5 Å². The fraction of sp³-hybridized carbons (Fsp3) is 0.174. The second kappa shape index (κ2) is 9.49. The first-order chi connectivity index (χ1) is 14.8. The highest BCUT2D eigenvalue weighted by Gasteiger charge is 2.36. The minimum absolute atomic E-state index is 0.209. The van der Waals surface area contributed by atoms with E-state index in [2.05, 4.69) is 11.9 Å². The van der Waals surface area contributed by atoms with Crippen LogP contribution in [0.15, 0.2) is 54.6 Å². The molecule has 1 aliphatic rings. The molecule has 2 aromatic rings. The van der Waals surface area contributed by atoms with E-state index in [1.807, 2.05) is 13.0 Å². The molecule has 0 atom stereocenters. The van der Waals surface area contributed by atoms with E-state index in [1.165, 1.54) is 6.08 Å². The van der Waals surface area contributed by atoms with Crippen molar-refractivity contribution in [1.29, 1.82) is 0 Å². The zero-order chi connectivity index (χ0) is 22.5. The number of urea groups is 1. The first-order valence-electron chi connectivity index (χ1n) is 9.53. The van der Waals surface area contributed by atoms with Gasteiger partial charge in [-0.05, 0) is 55.3 Å². The van der Waals surface area contributed by atoms with Crippen molar-refractivity contribution in [3.63, 3.8) is 0 Å². The first-order valence-corrected chi connectivity index (χ1v) is 9.91. The van der Waals surface area contributed by atoms with Crippen molar-refractivity contribution >= 4 is 41.2 Å². The van der Waals surface area contributed by atoms with Gasteiger partial charge in [0.1, 0.15) is 12.2 Å². The van der Waals surface area contributed by atoms with Crippen molar-refractivity contribution in [2.45, 2.75) is 13.8 Å². The van der Waals surface area contributed by atoms with E-state index in [4.69, 9.17) is 21.1 Å². The van der Waals surface area contributed by atoms with E-state index in [0.29, 0.717) is 29.4 Å². The number of nitrogens with zero attached hydrogens (tertiary/aromatic N) is 1. The first kappa shape index (κ1) is 22.1. The number of carbonyl (C=O) groups is 3. The lowest BCUT2D eigenvalue weighted by molar-refractivity contribution is -0.122. The Balaban J connectivity index is 2.03. The number of benzene rings is 2. The molecular weight excluding hydrogens is 420 g/mol. The van der Waals surface area contributed by atoms with E-state index in [0.717, 1.165) is 10.5 Å². The molecule has 0 spiro atoms. The molecule has 1 heterocycles. The van der Waals surface area contributed by atoms with Gasteiger partial charge >= 0.3 is 6.03 Å². The highest BCUT2D eigenvalue weighted by atomic mass is 35.5. The van der Waals surface area contributed by atoms with E-state index in [9.17, 15) is 14.4 Å². The van der Waals surface area contributed by atoms with Gasteiger partial charge in [-0.3, -0.25) is 14.9 Å². The molecule has 0 bridgehead atoms. The largest absolute Gasteiger partial charge is 0.490 e. The highest BCUT2D eigenvalue weighted by molar-refractivity contribution is 6.39. The molecule has 0 saturated carbocycles. The Bertz CT molecular complexity index is 1090. The molecule has 1 N–H and O–H groups in total. The molecule has 1 aliphatic heterocycles. The third-order valence-corrected chi connectivity index (χ3v) is 4.63. The molecule has 1 saturated heterocycles. The number of rotatable bonds is 7. The van der Waals surface area contributed by atoms with Crippen LogP contribution in [0.25, 0.3) is 6.08 Å². The van der Waals surface area contributed by atoms with Crippen LogP contribution in [0.3, 0.4) is 0 Å². The monoisotopic (exact) mass is 440 g/mol. The normalized spacial score (nSPS) is 15.1. The van der Waals surface area contributed by atoms with Crippen LogP contribution in [0, 0.1) is 6.92 Å². The van der Waals surface area contributed by atoms with Crippen molar-refractivity contribution in [3.05, 3.63) is 70.8 Å². The van der Waals surface area contributed by atoms with Crippen molar-refractivity contribution in [1.82, 2.24) is 5.32 Å². The van der Waals surface area contributed by atoms with E-state index in [1.54, 1.807) is 43.3 Å². The topological polar surface area (TPSA) is 84.9 Å². The standard InChI is InChI=1S/C23H21ClN2O5/c1-4-9-31-20-18(24)12-15(13-19(20)30-5-2)11-17-21(27)25-23(29)26(22(17)28)16-8-6-7-14(3)10-16/h4,6-8,10-13H,1,5,9H2,2-3H3,(H,25,27,29)/b17-11+. The molecule has 0 unspecified atom stereocenters. The number of hydrogen-bond acceptors (Lipinski definition) is 5. The molecule has 1 fully saturated rings. The van der Waals surface area contributed by atoms with Crippen LogP contribution in [0.1, 0.15) is 18.1 Å². The number of hydrogen-bond donors (Lipinski definition) is 1. The summed E-state index contributed by atoms with van der Waals surface area (Å²) in [6.45, 7) is 7.84. The number of anilines is 1. The minimum atomic E-state index is -0.807. The summed E-state index contributed by atoms with van der Waals surface area (Å²) in [5, 5.41) is 2.45. The van der Waals surface area contributed by atoms with Gasteiger partial charge < -0.3 is 9.47 Å². The molecule has 8 heteroatoms. The van der Waals surface area contributed by atoms with Crippen LogP contribution < -0.4 is 19.7 Å². The Kier molecular flexibility index (Phi) is 6.77. The zero-order valence-electron chi connectivity index (χ0n) is 17.1. The minimum Gasteiger partial charge on any atom is -0.490 e. The van der Waals surface area contributed by atoms with E-state index in [-0.39, 0.29) is 17.2 Å². The van der Waals surface area contributed by atoms with Gasteiger partial charge in [-0.2, -0.15) is 0 Å². The Hall–Kier alpha value is -3.58. The van der Waals surface area contributed by atoms with Crippen molar-refractivity contribution in [3.8, 4) is 11.5 Å². The fourth-order valence-electron chi connectivity index (χ4n) is 3.04. The molecule has 0 radical (unpaired) electrons. The second-order valence-electron chi connectivity index (χ2n) is 6.66. The quantitative estimate of drug-likeness (QED) is 0.394. The number of halogens is 1. The summed E-state index contributed by atoms with van der Waals surface area (Å²) >= 11 is 6.34. The molecule has 4 amide bonds. The predicted octanol–water partition coefficient (Wildman–Crippen LogP) is 4.28. The highest BCUT2D eigenvalue weighted by Crippen LogP contribution is 2.37. The summed E-state index contributed by atoms with van der Waals surface area (Å²) in [6, 6.07) is 9.21. The molecule has 0 aliphatic carbocycles. The lowest BCUT2D eigenvalue weighted by Gasteiger charge is -2.26. The van der Waals surface area contributed by atoms with Gasteiger partial charge in [-0.15, -0.1) is 0 Å². The molecule has 3 rings (SSSR count). The van der Waals surface area contributed by atoms with Gasteiger partial charge in [-0.1, -0.05) is 36.4 Å². The Morgan fingerprint density at radius 3 is 2.61 bits per heavy atom. The molecule has 2 aromatic carbocycles. The third-order valence-electron chi connectivity index (χ3n) is 4.35. The van der Waals surface area contributed by atoms with Gasteiger partial charge in [0.05, 0.1) is 17.3 Å². The summed E-state index contributed by atoms with van der Waals surface area (Å²) in [7, 11) is 0. The predicted molar refractivity (Wildman–Crippen MR) is 118 cm³/mol. The number of amides is 4. The van der Waals surface area contributed by atoms with E-state index >= 15 is 0 Å². The van der Waals surface area contributed by atoms with Gasteiger partial charge in [0, 0.05) is 0 Å². The summed E-state index contributed by atoms with van der Waals surface area (Å²) in [4.78, 5) is 38.7. The van der Waals surface area contributed by atoms with Gasteiger partial charge in [0.2, 0.25) is 0 Å². The number of barbiturate groups is 1. The summed E-state index contributed by atoms with van der Waals surface area (Å²) in [5.74, 6) is -0.832. The molecule has 160 valence electrons. The lowest BCUT2D eigenvalue weighted by atomic mass is 10.1. The van der Waals surface area contributed by atoms with Gasteiger partial charge in [-0.25, -0.2) is 9.69 Å². The zero-order valence-corrected chi connectivity index (χ0v) is 17.9. The number of aryl methyl sites for hydroxylation is 1. The number of nitrogens with one attached hydrogen (secondary N) is 1. The maximum absolute atomic E-state index is 13.0. The SMILES string of the molecule is C=CCOc1c(Cl)cc(/C=C2\C(=O)NC(=O)N(c3cccc(C)c3)C2=O)cc1OCC. The average molecular weight is 441 g/mol. The smallest absolute Gasteiger partial charge is 0.335 e. The molecule has 31 heavy (non-hydrogen) atoms. The van der Waals surface area contributed by atoms with Gasteiger partial charge in [0.25, 0.3) is 11.8 Å². The maximum atomic E-state index is 13.0. The number of ether oxygens (including phenoxy) is 2. The Labute approximate surface area is 184 Å². The Morgan fingerprint density at radius 1 is 1.16 bits per heavy atom. The summed E-state index contributed by atoms with van der Waals surface area (Å²) in [6.07, 6.45) is 2.93.